The smallest absolute Gasteiger partial charge is 0.323 e. The van der Waals surface area contributed by atoms with Crippen LogP contribution in [0, 0.1) is 5.92 Å². The number of rotatable bonds is 16. The third-order valence-corrected chi connectivity index (χ3v) is 5.96. The van der Waals surface area contributed by atoms with Crippen LogP contribution in [0.5, 0.6) is 11.5 Å². The Hall–Kier alpha value is -2.94. The number of esters is 4. The maximum absolute atomic E-state index is 12.6. The molecular weight excluding hydrogens is 478 g/mol. The zero-order valence-corrected chi connectivity index (χ0v) is 23.0. The average molecular weight is 522 g/mol. The SMILES string of the molecule is CCCCC(=O)Oc1ccc(C[C@H](N)C(=O)O[C@@H](C)C(C)OC(=O)C(C)CC)cc1OC(=O)CCCC. The molecule has 0 saturated heterocycles. The number of unbranched alkanes of at least 4 members (excludes halogenated alkanes) is 2. The summed E-state index contributed by atoms with van der Waals surface area (Å²) in [6.07, 6.45) is 2.94. The van der Waals surface area contributed by atoms with E-state index < -0.39 is 36.2 Å². The van der Waals surface area contributed by atoms with Crippen molar-refractivity contribution in [1.29, 1.82) is 0 Å². The molecule has 0 aliphatic carbocycles. The van der Waals surface area contributed by atoms with Crippen molar-refractivity contribution in [2.45, 2.75) is 111 Å². The first-order chi connectivity index (χ1) is 17.5. The zero-order valence-electron chi connectivity index (χ0n) is 23.0. The van der Waals surface area contributed by atoms with Gasteiger partial charge in [-0.1, -0.05) is 46.6 Å². The first-order valence-electron chi connectivity index (χ1n) is 13.2. The third-order valence-electron chi connectivity index (χ3n) is 5.96. The quantitative estimate of drug-likeness (QED) is 0.244. The van der Waals surface area contributed by atoms with E-state index in [1.165, 1.54) is 6.07 Å². The van der Waals surface area contributed by atoms with Crippen LogP contribution in [-0.2, 0) is 35.1 Å². The molecule has 1 aromatic carbocycles. The van der Waals surface area contributed by atoms with Crippen molar-refractivity contribution in [2.75, 3.05) is 0 Å². The molecule has 4 atom stereocenters. The molecule has 0 saturated carbocycles. The Morgan fingerprint density at radius 3 is 1.81 bits per heavy atom. The van der Waals surface area contributed by atoms with Crippen LogP contribution in [0.15, 0.2) is 18.2 Å². The molecule has 0 radical (unpaired) electrons. The second-order valence-electron chi connectivity index (χ2n) is 9.34. The monoisotopic (exact) mass is 521 g/mol. The molecule has 0 spiro atoms. The van der Waals surface area contributed by atoms with Crippen molar-refractivity contribution in [3.63, 3.8) is 0 Å². The lowest BCUT2D eigenvalue weighted by molar-refractivity contribution is -0.168. The van der Waals surface area contributed by atoms with E-state index in [0.717, 1.165) is 12.8 Å². The van der Waals surface area contributed by atoms with E-state index in [1.807, 2.05) is 20.8 Å². The topological polar surface area (TPSA) is 131 Å². The Morgan fingerprint density at radius 2 is 1.30 bits per heavy atom. The van der Waals surface area contributed by atoms with E-state index in [0.29, 0.717) is 24.8 Å². The van der Waals surface area contributed by atoms with Crippen molar-refractivity contribution in [3.05, 3.63) is 23.8 Å². The van der Waals surface area contributed by atoms with Gasteiger partial charge in [0.15, 0.2) is 11.5 Å². The number of carbonyl (C=O) groups excluding carboxylic acids is 4. The van der Waals surface area contributed by atoms with Gasteiger partial charge in [-0.15, -0.1) is 0 Å². The molecule has 37 heavy (non-hydrogen) atoms. The Bertz CT molecular complexity index is 900. The van der Waals surface area contributed by atoms with Gasteiger partial charge in [0.25, 0.3) is 0 Å². The van der Waals surface area contributed by atoms with Gasteiger partial charge >= 0.3 is 23.9 Å². The van der Waals surface area contributed by atoms with Crippen molar-refractivity contribution in [3.8, 4) is 11.5 Å². The molecule has 0 heterocycles. The summed E-state index contributed by atoms with van der Waals surface area (Å²) in [6.45, 7) is 10.9. The number of hydrogen-bond donors (Lipinski definition) is 1. The van der Waals surface area contributed by atoms with E-state index in [1.54, 1.807) is 32.9 Å². The molecular formula is C28H43NO8. The minimum atomic E-state index is -1.01. The Morgan fingerprint density at radius 1 is 0.784 bits per heavy atom. The second-order valence-corrected chi connectivity index (χ2v) is 9.34. The van der Waals surface area contributed by atoms with Crippen LogP contribution in [0.3, 0.4) is 0 Å². The minimum absolute atomic E-state index is 0.0934. The van der Waals surface area contributed by atoms with E-state index in [9.17, 15) is 19.2 Å². The molecule has 2 unspecified atom stereocenters. The van der Waals surface area contributed by atoms with Crippen LogP contribution < -0.4 is 15.2 Å². The molecule has 0 aliphatic rings. The number of hydrogen-bond acceptors (Lipinski definition) is 9. The first-order valence-corrected chi connectivity index (χ1v) is 13.2. The van der Waals surface area contributed by atoms with Crippen LogP contribution in [0.25, 0.3) is 0 Å². The fourth-order valence-electron chi connectivity index (χ4n) is 3.10. The molecule has 208 valence electrons. The highest BCUT2D eigenvalue weighted by Gasteiger charge is 2.26. The summed E-state index contributed by atoms with van der Waals surface area (Å²) in [5.74, 6) is -1.87. The number of benzene rings is 1. The van der Waals surface area contributed by atoms with Gasteiger partial charge < -0.3 is 24.7 Å². The van der Waals surface area contributed by atoms with Crippen molar-refractivity contribution in [1.82, 2.24) is 0 Å². The summed E-state index contributed by atoms with van der Waals surface area (Å²) >= 11 is 0. The average Bonchev–Trinajstić information content (AvgIpc) is 2.86. The summed E-state index contributed by atoms with van der Waals surface area (Å²) in [5, 5.41) is 0. The first kappa shape index (κ1) is 32.1. The Kier molecular flexibility index (Phi) is 14.5. The summed E-state index contributed by atoms with van der Waals surface area (Å²) in [5.41, 5.74) is 6.68. The van der Waals surface area contributed by atoms with Gasteiger partial charge in [-0.2, -0.15) is 0 Å². The lowest BCUT2D eigenvalue weighted by Crippen LogP contribution is -2.40. The lowest BCUT2D eigenvalue weighted by atomic mass is 10.1. The highest BCUT2D eigenvalue weighted by molar-refractivity contribution is 5.77. The van der Waals surface area contributed by atoms with Crippen LogP contribution in [0.4, 0.5) is 0 Å². The van der Waals surface area contributed by atoms with Gasteiger partial charge in [0.05, 0.1) is 5.92 Å². The predicted molar refractivity (Wildman–Crippen MR) is 139 cm³/mol. The third kappa shape index (κ3) is 11.8. The number of carbonyl (C=O) groups is 4. The molecule has 2 N–H and O–H groups in total. The maximum atomic E-state index is 12.6. The van der Waals surface area contributed by atoms with Crippen LogP contribution in [0.1, 0.15) is 92.1 Å². The standard InChI is InChI=1S/C28H43NO8/c1-7-10-12-25(30)36-23-15-14-21(17-24(23)37-26(31)13-11-8-2)16-22(29)28(33)35-20(6)19(5)34-27(32)18(4)9-3/h14-15,17-20,22H,7-13,16,29H2,1-6H3/t18?,19?,20-,22-/m0/s1. The molecule has 0 amide bonds. The minimum Gasteiger partial charge on any atom is -0.459 e. The van der Waals surface area contributed by atoms with E-state index in [4.69, 9.17) is 24.7 Å². The highest BCUT2D eigenvalue weighted by Crippen LogP contribution is 2.30. The van der Waals surface area contributed by atoms with E-state index in [2.05, 4.69) is 0 Å². The zero-order chi connectivity index (χ0) is 28.0. The Balaban J connectivity index is 2.89. The van der Waals surface area contributed by atoms with Crippen molar-refractivity contribution in [2.24, 2.45) is 11.7 Å². The van der Waals surface area contributed by atoms with Gasteiger partial charge in [0.1, 0.15) is 18.2 Å². The molecule has 0 aliphatic heterocycles. The normalized spacial score (nSPS) is 14.1. The summed E-state index contributed by atoms with van der Waals surface area (Å²) in [4.78, 5) is 49.0. The van der Waals surface area contributed by atoms with Gasteiger partial charge in [-0.25, -0.2) is 0 Å². The molecule has 0 fully saturated rings. The second kappa shape index (κ2) is 16.7. The molecule has 0 aromatic heterocycles. The molecule has 9 heteroatoms. The molecule has 0 bridgehead atoms. The van der Waals surface area contributed by atoms with Crippen LogP contribution in [0.2, 0.25) is 0 Å². The molecule has 1 aromatic rings. The predicted octanol–water partition coefficient (Wildman–Crippen LogP) is 4.66. The van der Waals surface area contributed by atoms with Gasteiger partial charge in [0, 0.05) is 12.8 Å². The van der Waals surface area contributed by atoms with Gasteiger partial charge in [0.2, 0.25) is 0 Å². The van der Waals surface area contributed by atoms with E-state index in [-0.39, 0.29) is 42.6 Å². The summed E-state index contributed by atoms with van der Waals surface area (Å²) < 4.78 is 21.7. The van der Waals surface area contributed by atoms with Crippen molar-refractivity contribution >= 4 is 23.9 Å². The largest absolute Gasteiger partial charge is 0.459 e. The van der Waals surface area contributed by atoms with E-state index >= 15 is 0 Å². The number of ether oxygens (including phenoxy) is 4. The summed E-state index contributed by atoms with van der Waals surface area (Å²) in [6, 6.07) is 3.71. The lowest BCUT2D eigenvalue weighted by Gasteiger charge is -2.23. The van der Waals surface area contributed by atoms with Crippen LogP contribution >= 0.6 is 0 Å². The fourth-order valence-corrected chi connectivity index (χ4v) is 3.10. The summed E-state index contributed by atoms with van der Waals surface area (Å²) in [7, 11) is 0. The fraction of sp³-hybridized carbons (Fsp3) is 0.643. The van der Waals surface area contributed by atoms with Crippen molar-refractivity contribution < 1.29 is 38.1 Å². The highest BCUT2D eigenvalue weighted by atomic mass is 16.6. The van der Waals surface area contributed by atoms with Gasteiger partial charge in [-0.05, 0) is 57.2 Å². The Labute approximate surface area is 220 Å². The maximum Gasteiger partial charge on any atom is 0.323 e. The van der Waals surface area contributed by atoms with Crippen LogP contribution in [-0.4, -0.2) is 42.1 Å². The molecule has 1 rings (SSSR count). The van der Waals surface area contributed by atoms with Gasteiger partial charge in [-0.3, -0.25) is 19.2 Å². The molecule has 9 nitrogen and oxygen atoms in total. The number of nitrogens with two attached hydrogens (primary N) is 1.